The molecule has 0 fully saturated rings. The molecule has 0 amide bonds. The lowest BCUT2D eigenvalue weighted by Crippen LogP contribution is -2.18. The van der Waals surface area contributed by atoms with Crippen molar-refractivity contribution in [1.82, 2.24) is 0 Å². The van der Waals surface area contributed by atoms with Gasteiger partial charge in [-0.1, -0.05) is 6.08 Å². The van der Waals surface area contributed by atoms with Gasteiger partial charge in [-0.2, -0.15) is 0 Å². The van der Waals surface area contributed by atoms with Crippen LogP contribution >= 0.6 is 0 Å². The number of hydrogen-bond donors (Lipinski definition) is 0. The Labute approximate surface area is 54.4 Å². The number of alkyl halides is 2. The van der Waals surface area contributed by atoms with Crippen molar-refractivity contribution < 1.29 is 8.78 Å². The van der Waals surface area contributed by atoms with E-state index >= 15 is 0 Å². The lowest BCUT2D eigenvalue weighted by Gasteiger charge is -2.19. The Morgan fingerprint density at radius 3 is 2.56 bits per heavy atom. The van der Waals surface area contributed by atoms with E-state index < -0.39 is 5.92 Å². The molecule has 9 heavy (non-hydrogen) atoms. The molecule has 0 saturated carbocycles. The van der Waals surface area contributed by atoms with Gasteiger partial charge in [0.25, 0.3) is 5.92 Å². The van der Waals surface area contributed by atoms with Crippen LogP contribution in [0.2, 0.25) is 0 Å². The first-order chi connectivity index (χ1) is 4.10. The summed E-state index contributed by atoms with van der Waals surface area (Å²) in [5.74, 6) is -2.50. The molecule has 0 unspecified atom stereocenters. The molecule has 0 nitrogen and oxygen atoms in total. The molecular weight excluding hydrogens is 121 g/mol. The van der Waals surface area contributed by atoms with Gasteiger partial charge >= 0.3 is 0 Å². The molecule has 0 saturated heterocycles. The van der Waals surface area contributed by atoms with Gasteiger partial charge in [0.1, 0.15) is 7.85 Å². The monoisotopic (exact) mass is 128 g/mol. The molecule has 0 aliphatic heterocycles. The highest BCUT2D eigenvalue weighted by Crippen LogP contribution is 2.30. The van der Waals surface area contributed by atoms with Gasteiger partial charge in [0.2, 0.25) is 0 Å². The largest absolute Gasteiger partial charge is 0.251 e. The van der Waals surface area contributed by atoms with Gasteiger partial charge in [0.15, 0.2) is 0 Å². The molecular formula is C6H7BF2. The van der Waals surface area contributed by atoms with Gasteiger partial charge in [-0.15, -0.1) is 5.47 Å². The maximum absolute atomic E-state index is 12.3. The van der Waals surface area contributed by atoms with Crippen molar-refractivity contribution in [3.63, 3.8) is 0 Å². The third kappa shape index (κ3) is 1.81. The number of hydrogen-bond acceptors (Lipinski definition) is 0. The summed E-state index contributed by atoms with van der Waals surface area (Å²) in [6.07, 6.45) is 1.48. The Morgan fingerprint density at radius 2 is 2.22 bits per heavy atom. The molecule has 0 bridgehead atoms. The summed E-state index contributed by atoms with van der Waals surface area (Å²) in [6, 6.07) is 0. The predicted octanol–water partition coefficient (Wildman–Crippen LogP) is 1.86. The Kier molecular flexibility index (Phi) is 1.60. The third-order valence-corrected chi connectivity index (χ3v) is 1.44. The summed E-state index contributed by atoms with van der Waals surface area (Å²) < 4.78 is 24.6. The van der Waals surface area contributed by atoms with Crippen LogP contribution in [0.1, 0.15) is 19.3 Å². The molecule has 0 aromatic rings. The number of rotatable bonds is 0. The maximum atomic E-state index is 12.3. The molecule has 0 spiro atoms. The van der Waals surface area contributed by atoms with Crippen LogP contribution in [0, 0.1) is 0 Å². The van der Waals surface area contributed by atoms with Crippen LogP contribution in [0.4, 0.5) is 8.78 Å². The minimum Gasteiger partial charge on any atom is -0.207 e. The van der Waals surface area contributed by atoms with E-state index in [4.69, 9.17) is 7.85 Å². The second-order valence-electron chi connectivity index (χ2n) is 2.34. The van der Waals surface area contributed by atoms with Crippen LogP contribution < -0.4 is 0 Å². The van der Waals surface area contributed by atoms with E-state index in [1.165, 1.54) is 6.08 Å². The zero-order chi connectivity index (χ0) is 6.91. The lowest BCUT2D eigenvalue weighted by molar-refractivity contribution is -0.00775. The van der Waals surface area contributed by atoms with Crippen molar-refractivity contribution in [2.75, 3.05) is 0 Å². The van der Waals surface area contributed by atoms with E-state index in [0.717, 1.165) is 0 Å². The van der Waals surface area contributed by atoms with Crippen molar-refractivity contribution >= 4 is 7.85 Å². The number of allylic oxidation sites excluding steroid dienone is 2. The van der Waals surface area contributed by atoms with Gasteiger partial charge in [-0.25, -0.2) is 8.78 Å². The molecule has 48 valence electrons. The second-order valence-corrected chi connectivity index (χ2v) is 2.34. The fraction of sp³-hybridized carbons (Fsp3) is 0.667. The molecule has 3 heteroatoms. The SMILES string of the molecule is [B]C1=CCC(F)(F)CC1. The third-order valence-electron chi connectivity index (χ3n) is 1.44. The Hall–Kier alpha value is -0.335. The average molecular weight is 128 g/mol. The highest BCUT2D eigenvalue weighted by molar-refractivity contribution is 6.21. The smallest absolute Gasteiger partial charge is 0.207 e. The highest BCUT2D eigenvalue weighted by Gasteiger charge is 2.29. The average Bonchev–Trinajstić information content (AvgIpc) is 1.78. The van der Waals surface area contributed by atoms with Crippen molar-refractivity contribution in [2.45, 2.75) is 25.2 Å². The fourth-order valence-corrected chi connectivity index (χ4v) is 0.812. The molecule has 1 aliphatic carbocycles. The predicted molar refractivity (Wildman–Crippen MR) is 32.6 cm³/mol. The summed E-state index contributed by atoms with van der Waals surface area (Å²) in [5, 5.41) is 0. The molecule has 0 aromatic heterocycles. The van der Waals surface area contributed by atoms with Gasteiger partial charge in [-0.05, 0) is 6.42 Å². The molecule has 1 aliphatic rings. The normalized spacial score (nSPS) is 25.3. The summed E-state index contributed by atoms with van der Waals surface area (Å²) in [7, 11) is 5.28. The zero-order valence-electron chi connectivity index (χ0n) is 5.03. The quantitative estimate of drug-likeness (QED) is 0.436. The summed E-state index contributed by atoms with van der Waals surface area (Å²) in [4.78, 5) is 0. The van der Waals surface area contributed by atoms with Crippen LogP contribution in [0.5, 0.6) is 0 Å². The molecule has 1 rings (SSSR count). The van der Waals surface area contributed by atoms with Crippen LogP contribution in [0.15, 0.2) is 11.5 Å². The van der Waals surface area contributed by atoms with E-state index in [2.05, 4.69) is 0 Å². The minimum atomic E-state index is -2.50. The van der Waals surface area contributed by atoms with Crippen molar-refractivity contribution in [3.8, 4) is 0 Å². The zero-order valence-corrected chi connectivity index (χ0v) is 5.03. The van der Waals surface area contributed by atoms with Crippen molar-refractivity contribution in [2.24, 2.45) is 0 Å². The summed E-state index contributed by atoms with van der Waals surface area (Å²) >= 11 is 0. The molecule has 0 aromatic carbocycles. The van der Waals surface area contributed by atoms with Crippen molar-refractivity contribution in [3.05, 3.63) is 11.5 Å². The maximum Gasteiger partial charge on any atom is 0.251 e. The molecule has 0 atom stereocenters. The van der Waals surface area contributed by atoms with Gasteiger partial charge < -0.3 is 0 Å². The first-order valence-electron chi connectivity index (χ1n) is 2.92. The van der Waals surface area contributed by atoms with Crippen LogP contribution in [-0.2, 0) is 0 Å². The van der Waals surface area contributed by atoms with E-state index in [1.807, 2.05) is 0 Å². The van der Waals surface area contributed by atoms with Crippen LogP contribution in [-0.4, -0.2) is 13.8 Å². The van der Waals surface area contributed by atoms with Crippen molar-refractivity contribution in [1.29, 1.82) is 0 Å². The van der Waals surface area contributed by atoms with Gasteiger partial charge in [-0.3, -0.25) is 0 Å². The standard InChI is InChI=1S/C6H7BF2/c7-5-1-3-6(8,9)4-2-5/h1H,2-4H2. The second kappa shape index (κ2) is 2.12. The van der Waals surface area contributed by atoms with E-state index in [0.29, 0.717) is 11.9 Å². The number of halogens is 2. The summed E-state index contributed by atoms with van der Waals surface area (Å²) in [5.41, 5.74) is 0.598. The molecule has 0 heterocycles. The van der Waals surface area contributed by atoms with E-state index in [1.54, 1.807) is 0 Å². The van der Waals surface area contributed by atoms with Crippen LogP contribution in [0.3, 0.4) is 0 Å². The topological polar surface area (TPSA) is 0 Å². The highest BCUT2D eigenvalue weighted by atomic mass is 19.3. The van der Waals surface area contributed by atoms with Gasteiger partial charge in [0.05, 0.1) is 0 Å². The molecule has 2 radical (unpaired) electrons. The minimum absolute atomic E-state index is 0.0880. The van der Waals surface area contributed by atoms with Gasteiger partial charge in [0, 0.05) is 12.8 Å². The Balaban J connectivity index is 2.56. The Bertz CT molecular complexity index is 140. The molecule has 0 N–H and O–H groups in total. The summed E-state index contributed by atoms with van der Waals surface area (Å²) in [6.45, 7) is 0. The van der Waals surface area contributed by atoms with E-state index in [-0.39, 0.29) is 12.8 Å². The van der Waals surface area contributed by atoms with Crippen LogP contribution in [0.25, 0.3) is 0 Å². The first-order valence-corrected chi connectivity index (χ1v) is 2.92. The Morgan fingerprint density at radius 1 is 1.56 bits per heavy atom. The van der Waals surface area contributed by atoms with E-state index in [9.17, 15) is 8.78 Å². The lowest BCUT2D eigenvalue weighted by atomic mass is 9.84. The fourth-order valence-electron chi connectivity index (χ4n) is 0.812. The first kappa shape index (κ1) is 6.78.